The minimum Gasteiger partial charge on any atom is -0.343 e. The van der Waals surface area contributed by atoms with Gasteiger partial charge in [0.25, 0.3) is 0 Å². The number of aryl methyl sites for hydroxylation is 1. The lowest BCUT2D eigenvalue weighted by Gasteiger charge is -2.25. The fourth-order valence-electron chi connectivity index (χ4n) is 2.69. The van der Waals surface area contributed by atoms with Crippen molar-refractivity contribution in [2.45, 2.75) is 32.7 Å². The Labute approximate surface area is 126 Å². The number of ketones is 1. The summed E-state index contributed by atoms with van der Waals surface area (Å²) in [6.45, 7) is 2.64. The minimum atomic E-state index is -0.464. The van der Waals surface area contributed by atoms with Crippen molar-refractivity contribution in [3.05, 3.63) is 28.4 Å². The van der Waals surface area contributed by atoms with Gasteiger partial charge in [-0.2, -0.15) is 4.98 Å². The third-order valence-corrected chi connectivity index (χ3v) is 3.92. The number of Topliss-reactive ketones (excluding diaryl/α,β-unsaturated/α-hetero) is 1. The van der Waals surface area contributed by atoms with E-state index in [9.17, 15) is 14.4 Å². The van der Waals surface area contributed by atoms with Crippen LogP contribution >= 0.6 is 0 Å². The Balaban J connectivity index is 1.83. The van der Waals surface area contributed by atoms with Gasteiger partial charge in [-0.25, -0.2) is 4.79 Å². The molecule has 0 saturated carbocycles. The number of hydrogen-bond donors (Lipinski definition) is 1. The van der Waals surface area contributed by atoms with Gasteiger partial charge in [0.05, 0.1) is 6.54 Å². The molecule has 2 aromatic rings. The maximum Gasteiger partial charge on any atom is 0.350 e. The van der Waals surface area contributed by atoms with Crippen LogP contribution in [0.3, 0.4) is 0 Å². The highest BCUT2D eigenvalue weighted by atomic mass is 16.2. The Morgan fingerprint density at radius 2 is 2.23 bits per heavy atom. The summed E-state index contributed by atoms with van der Waals surface area (Å²) in [4.78, 5) is 44.2. The normalized spacial score (nSPS) is 15.5. The summed E-state index contributed by atoms with van der Waals surface area (Å²) in [6, 6.07) is 1.92. The van der Waals surface area contributed by atoms with Crippen molar-refractivity contribution >= 4 is 22.7 Å². The second-order valence-electron chi connectivity index (χ2n) is 5.56. The van der Waals surface area contributed by atoms with Crippen molar-refractivity contribution in [3.8, 4) is 0 Å². The number of hydrogen-bond acceptors (Lipinski definition) is 4. The number of aromatic amines is 1. The summed E-state index contributed by atoms with van der Waals surface area (Å²) in [6.07, 6.45) is 3.68. The Morgan fingerprint density at radius 3 is 2.95 bits per heavy atom. The van der Waals surface area contributed by atoms with Crippen LogP contribution in [-0.2, 0) is 22.6 Å². The van der Waals surface area contributed by atoms with Gasteiger partial charge in [0.15, 0.2) is 5.78 Å². The van der Waals surface area contributed by atoms with Crippen LogP contribution in [-0.4, -0.2) is 44.2 Å². The average molecular weight is 302 g/mol. The Bertz CT molecular complexity index is 790. The summed E-state index contributed by atoms with van der Waals surface area (Å²) >= 11 is 0. The summed E-state index contributed by atoms with van der Waals surface area (Å²) in [7, 11) is 0. The quantitative estimate of drug-likeness (QED) is 0.893. The van der Waals surface area contributed by atoms with Crippen molar-refractivity contribution < 1.29 is 9.59 Å². The van der Waals surface area contributed by atoms with E-state index in [2.05, 4.69) is 9.97 Å². The van der Waals surface area contributed by atoms with E-state index in [0.717, 1.165) is 17.5 Å². The molecule has 1 aliphatic rings. The molecule has 7 nitrogen and oxygen atoms in total. The van der Waals surface area contributed by atoms with Gasteiger partial charge in [0.2, 0.25) is 5.91 Å². The molecule has 0 bridgehead atoms. The third-order valence-electron chi connectivity index (χ3n) is 3.92. The molecule has 3 rings (SSSR count). The molecule has 1 fully saturated rings. The van der Waals surface area contributed by atoms with Gasteiger partial charge in [0, 0.05) is 30.2 Å². The first-order chi connectivity index (χ1) is 10.6. The predicted molar refractivity (Wildman–Crippen MR) is 80.6 cm³/mol. The zero-order valence-electron chi connectivity index (χ0n) is 12.5. The second kappa shape index (κ2) is 5.75. The van der Waals surface area contributed by atoms with E-state index in [0.29, 0.717) is 25.0 Å². The van der Waals surface area contributed by atoms with Gasteiger partial charge >= 0.3 is 5.69 Å². The lowest BCUT2D eigenvalue weighted by atomic mass is 10.1. The molecule has 3 heterocycles. The highest BCUT2D eigenvalue weighted by Crippen LogP contribution is 2.12. The number of aromatic nitrogens is 3. The van der Waals surface area contributed by atoms with E-state index in [1.165, 1.54) is 9.47 Å². The molecule has 1 aliphatic heterocycles. The van der Waals surface area contributed by atoms with E-state index < -0.39 is 5.69 Å². The first-order valence-electron chi connectivity index (χ1n) is 7.45. The zero-order chi connectivity index (χ0) is 15.7. The van der Waals surface area contributed by atoms with E-state index >= 15 is 0 Å². The summed E-state index contributed by atoms with van der Waals surface area (Å²) in [5, 5.41) is 0.805. The van der Waals surface area contributed by atoms with Crippen LogP contribution in [0, 0.1) is 0 Å². The van der Waals surface area contributed by atoms with Crippen molar-refractivity contribution in [1.82, 2.24) is 19.4 Å². The SMILES string of the molecule is CCc1cc2cn(CC(=O)N3CCCC(=O)C3)c(=O)nc2[nH]1. The first kappa shape index (κ1) is 14.5. The van der Waals surface area contributed by atoms with Gasteiger partial charge in [-0.3, -0.25) is 14.2 Å². The molecular weight excluding hydrogens is 284 g/mol. The van der Waals surface area contributed by atoms with Crippen LogP contribution in [0.4, 0.5) is 0 Å². The molecular formula is C15H18N4O3. The van der Waals surface area contributed by atoms with Crippen LogP contribution < -0.4 is 5.69 Å². The molecule has 1 saturated heterocycles. The maximum atomic E-state index is 12.2. The van der Waals surface area contributed by atoms with Crippen molar-refractivity contribution in [3.63, 3.8) is 0 Å². The number of carbonyl (C=O) groups excluding carboxylic acids is 2. The molecule has 116 valence electrons. The summed E-state index contributed by atoms with van der Waals surface area (Å²) in [5.41, 5.74) is 1.07. The summed E-state index contributed by atoms with van der Waals surface area (Å²) in [5.74, 6) is -0.152. The molecule has 0 spiro atoms. The van der Waals surface area contributed by atoms with Gasteiger partial charge in [-0.05, 0) is 18.9 Å². The second-order valence-corrected chi connectivity index (χ2v) is 5.56. The smallest absolute Gasteiger partial charge is 0.343 e. The molecule has 0 aromatic carbocycles. The van der Waals surface area contributed by atoms with Crippen molar-refractivity contribution in [2.24, 2.45) is 0 Å². The number of likely N-dealkylation sites (tertiary alicyclic amines) is 1. The first-order valence-corrected chi connectivity index (χ1v) is 7.45. The number of nitrogens with zero attached hydrogens (tertiary/aromatic N) is 3. The standard InChI is InChI=1S/C15H18N4O3/c1-2-11-6-10-7-19(15(22)17-14(10)16-11)9-13(21)18-5-3-4-12(20)8-18/h6-7H,2-5,8-9H2,1H3,(H,16,17,22). The fraction of sp³-hybridized carbons (Fsp3) is 0.467. The predicted octanol–water partition coefficient (Wildman–Crippen LogP) is 0.478. The Kier molecular flexibility index (Phi) is 3.79. The van der Waals surface area contributed by atoms with Crippen LogP contribution in [0.5, 0.6) is 0 Å². The highest BCUT2D eigenvalue weighted by Gasteiger charge is 2.22. The van der Waals surface area contributed by atoms with E-state index in [-0.39, 0.29) is 24.8 Å². The number of rotatable bonds is 3. The molecule has 22 heavy (non-hydrogen) atoms. The Hall–Kier alpha value is -2.44. The number of carbonyl (C=O) groups is 2. The number of fused-ring (bicyclic) bond motifs is 1. The molecule has 0 aliphatic carbocycles. The number of nitrogens with one attached hydrogen (secondary N) is 1. The van der Waals surface area contributed by atoms with Gasteiger partial charge < -0.3 is 9.88 Å². The summed E-state index contributed by atoms with van der Waals surface area (Å²) < 4.78 is 1.30. The fourth-order valence-corrected chi connectivity index (χ4v) is 2.69. The largest absolute Gasteiger partial charge is 0.350 e. The third kappa shape index (κ3) is 2.79. The molecule has 7 heteroatoms. The molecule has 1 amide bonds. The minimum absolute atomic E-state index is 0.0683. The zero-order valence-corrected chi connectivity index (χ0v) is 12.5. The van der Waals surface area contributed by atoms with E-state index in [4.69, 9.17) is 0 Å². The van der Waals surface area contributed by atoms with E-state index in [1.807, 2.05) is 13.0 Å². The van der Waals surface area contributed by atoms with Crippen molar-refractivity contribution in [2.75, 3.05) is 13.1 Å². The van der Waals surface area contributed by atoms with Crippen molar-refractivity contribution in [1.29, 1.82) is 0 Å². The highest BCUT2D eigenvalue weighted by molar-refractivity contribution is 5.87. The van der Waals surface area contributed by atoms with E-state index in [1.54, 1.807) is 6.20 Å². The molecule has 1 N–H and O–H groups in total. The number of amides is 1. The molecule has 0 radical (unpaired) electrons. The van der Waals surface area contributed by atoms with Crippen LogP contribution in [0.15, 0.2) is 17.1 Å². The van der Waals surface area contributed by atoms with Gasteiger partial charge in [-0.1, -0.05) is 6.92 Å². The molecule has 2 aromatic heterocycles. The lowest BCUT2D eigenvalue weighted by Crippen LogP contribution is -2.43. The van der Waals surface area contributed by atoms with Gasteiger partial charge in [-0.15, -0.1) is 0 Å². The monoisotopic (exact) mass is 302 g/mol. The topological polar surface area (TPSA) is 88.1 Å². The van der Waals surface area contributed by atoms with Crippen LogP contribution in [0.25, 0.3) is 11.0 Å². The van der Waals surface area contributed by atoms with Crippen LogP contribution in [0.2, 0.25) is 0 Å². The average Bonchev–Trinajstić information content (AvgIpc) is 2.89. The Morgan fingerprint density at radius 1 is 1.41 bits per heavy atom. The lowest BCUT2D eigenvalue weighted by molar-refractivity contribution is -0.138. The molecule has 0 atom stereocenters. The van der Waals surface area contributed by atoms with Gasteiger partial charge in [0.1, 0.15) is 12.2 Å². The number of H-pyrrole nitrogens is 1. The number of piperidine rings is 1. The maximum absolute atomic E-state index is 12.2. The van der Waals surface area contributed by atoms with Crippen LogP contribution in [0.1, 0.15) is 25.5 Å². The molecule has 0 unspecified atom stereocenters.